The Labute approximate surface area is 166 Å². The number of ether oxygens (including phenoxy) is 1. The van der Waals surface area contributed by atoms with Crippen molar-refractivity contribution in [2.24, 2.45) is 0 Å². The van der Waals surface area contributed by atoms with E-state index >= 15 is 0 Å². The number of rotatable bonds is 7. The highest BCUT2D eigenvalue weighted by molar-refractivity contribution is 6.42. The van der Waals surface area contributed by atoms with Crippen LogP contribution < -0.4 is 15.4 Å². The first kappa shape index (κ1) is 21.0. The molecule has 2 rings (SSSR count). The summed E-state index contributed by atoms with van der Waals surface area (Å²) in [6, 6.07) is 9.44. The van der Waals surface area contributed by atoms with E-state index in [0.717, 1.165) is 5.56 Å². The van der Waals surface area contributed by atoms with Crippen LogP contribution in [0.4, 0.5) is 11.4 Å². The SMILES string of the molecule is COc1ccc(NC(=O)CNC(C)(C)c2ccc(Cl)c(Cl)c2)c([N+](=O)[O-])c1. The Morgan fingerprint density at radius 1 is 1.19 bits per heavy atom. The van der Waals surface area contributed by atoms with Crippen LogP contribution in [0.2, 0.25) is 10.0 Å². The zero-order valence-corrected chi connectivity index (χ0v) is 16.5. The smallest absolute Gasteiger partial charge is 0.296 e. The minimum absolute atomic E-state index is 0.0591. The molecule has 0 bridgehead atoms. The van der Waals surface area contributed by atoms with Gasteiger partial charge in [-0.15, -0.1) is 0 Å². The highest BCUT2D eigenvalue weighted by Crippen LogP contribution is 2.30. The Kier molecular flexibility index (Phi) is 6.64. The topological polar surface area (TPSA) is 93.5 Å². The van der Waals surface area contributed by atoms with Gasteiger partial charge >= 0.3 is 0 Å². The van der Waals surface area contributed by atoms with Crippen molar-refractivity contribution < 1.29 is 14.5 Å². The average molecular weight is 412 g/mol. The Hall–Kier alpha value is -2.35. The summed E-state index contributed by atoms with van der Waals surface area (Å²) in [6.45, 7) is 3.71. The number of nitrogens with zero attached hydrogens (tertiary/aromatic N) is 1. The van der Waals surface area contributed by atoms with E-state index in [1.165, 1.54) is 25.3 Å². The Morgan fingerprint density at radius 3 is 2.48 bits per heavy atom. The molecule has 0 unspecified atom stereocenters. The van der Waals surface area contributed by atoms with Gasteiger partial charge in [-0.3, -0.25) is 20.2 Å². The summed E-state index contributed by atoms with van der Waals surface area (Å²) in [5, 5.41) is 17.7. The maximum absolute atomic E-state index is 12.3. The molecule has 0 aliphatic rings. The number of methoxy groups -OCH3 is 1. The van der Waals surface area contributed by atoms with Crippen molar-refractivity contribution in [3.8, 4) is 5.75 Å². The molecule has 0 atom stereocenters. The third-order valence-corrected chi connectivity index (χ3v) is 4.75. The quantitative estimate of drug-likeness (QED) is 0.520. The van der Waals surface area contributed by atoms with Gasteiger partial charge < -0.3 is 10.1 Å². The molecule has 144 valence electrons. The summed E-state index contributed by atoms with van der Waals surface area (Å²) >= 11 is 12.0. The molecule has 0 aliphatic carbocycles. The number of hydrogen-bond acceptors (Lipinski definition) is 5. The van der Waals surface area contributed by atoms with Crippen molar-refractivity contribution in [3.05, 3.63) is 62.1 Å². The third kappa shape index (κ3) is 5.32. The van der Waals surface area contributed by atoms with Gasteiger partial charge in [-0.1, -0.05) is 29.3 Å². The normalized spacial score (nSPS) is 11.1. The summed E-state index contributed by atoms with van der Waals surface area (Å²) in [4.78, 5) is 22.9. The average Bonchev–Trinajstić information content (AvgIpc) is 2.62. The maximum Gasteiger partial charge on any atom is 0.296 e. The van der Waals surface area contributed by atoms with Crippen molar-refractivity contribution >= 4 is 40.5 Å². The van der Waals surface area contributed by atoms with E-state index in [1.807, 2.05) is 19.9 Å². The highest BCUT2D eigenvalue weighted by Gasteiger charge is 2.23. The van der Waals surface area contributed by atoms with Crippen LogP contribution in [0.5, 0.6) is 5.75 Å². The van der Waals surface area contributed by atoms with Crippen LogP contribution in [0, 0.1) is 10.1 Å². The number of benzene rings is 2. The highest BCUT2D eigenvalue weighted by atomic mass is 35.5. The Bertz CT molecular complexity index is 872. The van der Waals surface area contributed by atoms with E-state index in [2.05, 4.69) is 10.6 Å². The van der Waals surface area contributed by atoms with Crippen molar-refractivity contribution in [3.63, 3.8) is 0 Å². The van der Waals surface area contributed by atoms with E-state index < -0.39 is 16.4 Å². The van der Waals surface area contributed by atoms with Gasteiger partial charge in [0.2, 0.25) is 5.91 Å². The zero-order chi connectivity index (χ0) is 20.2. The molecule has 0 heterocycles. The van der Waals surface area contributed by atoms with Gasteiger partial charge in [0.05, 0.1) is 34.7 Å². The number of carbonyl (C=O) groups excluding carboxylic acids is 1. The summed E-state index contributed by atoms with van der Waals surface area (Å²) in [5.41, 5.74) is 0.128. The Morgan fingerprint density at radius 2 is 1.89 bits per heavy atom. The van der Waals surface area contributed by atoms with Gasteiger partial charge in [-0.05, 0) is 43.7 Å². The van der Waals surface area contributed by atoms with Crippen LogP contribution in [0.3, 0.4) is 0 Å². The lowest BCUT2D eigenvalue weighted by molar-refractivity contribution is -0.384. The number of hydrogen-bond donors (Lipinski definition) is 2. The second-order valence-corrected chi connectivity index (χ2v) is 7.11. The first-order valence-electron chi connectivity index (χ1n) is 7.97. The predicted octanol–water partition coefficient (Wildman–Crippen LogP) is 4.37. The van der Waals surface area contributed by atoms with E-state index in [4.69, 9.17) is 27.9 Å². The largest absolute Gasteiger partial charge is 0.496 e. The van der Waals surface area contributed by atoms with Crippen LogP contribution in [-0.4, -0.2) is 24.5 Å². The second kappa shape index (κ2) is 8.56. The van der Waals surface area contributed by atoms with Gasteiger partial charge in [0.25, 0.3) is 5.69 Å². The number of nitro benzene ring substituents is 1. The van der Waals surface area contributed by atoms with Crippen molar-refractivity contribution in [1.82, 2.24) is 5.32 Å². The number of anilines is 1. The lowest BCUT2D eigenvalue weighted by atomic mass is 9.94. The molecule has 0 spiro atoms. The van der Waals surface area contributed by atoms with Crippen LogP contribution in [0.25, 0.3) is 0 Å². The van der Waals surface area contributed by atoms with Crippen LogP contribution in [-0.2, 0) is 10.3 Å². The van der Waals surface area contributed by atoms with Crippen molar-refractivity contribution in [2.75, 3.05) is 19.0 Å². The molecule has 9 heteroatoms. The van der Waals surface area contributed by atoms with Gasteiger partial charge in [-0.2, -0.15) is 0 Å². The summed E-state index contributed by atoms with van der Waals surface area (Å²) in [5.74, 6) is -0.0880. The van der Waals surface area contributed by atoms with Gasteiger partial charge in [0.15, 0.2) is 0 Å². The van der Waals surface area contributed by atoms with E-state index in [1.54, 1.807) is 12.1 Å². The fraction of sp³-hybridized carbons (Fsp3) is 0.278. The second-order valence-electron chi connectivity index (χ2n) is 6.30. The van der Waals surface area contributed by atoms with Crippen LogP contribution in [0.1, 0.15) is 19.4 Å². The number of nitrogens with one attached hydrogen (secondary N) is 2. The summed E-state index contributed by atoms with van der Waals surface area (Å²) in [7, 11) is 1.41. The lowest BCUT2D eigenvalue weighted by Gasteiger charge is -2.27. The minimum atomic E-state index is -0.578. The molecular formula is C18H19Cl2N3O4. The summed E-state index contributed by atoms with van der Waals surface area (Å²) < 4.78 is 4.97. The molecule has 0 saturated carbocycles. The molecule has 0 fully saturated rings. The molecule has 2 aromatic rings. The molecule has 2 aromatic carbocycles. The fourth-order valence-electron chi connectivity index (χ4n) is 2.38. The van der Waals surface area contributed by atoms with Crippen LogP contribution in [0.15, 0.2) is 36.4 Å². The molecular weight excluding hydrogens is 393 g/mol. The predicted molar refractivity (Wildman–Crippen MR) is 106 cm³/mol. The maximum atomic E-state index is 12.3. The van der Waals surface area contributed by atoms with Crippen molar-refractivity contribution in [1.29, 1.82) is 0 Å². The fourth-order valence-corrected chi connectivity index (χ4v) is 2.68. The first-order valence-corrected chi connectivity index (χ1v) is 8.72. The molecule has 7 nitrogen and oxygen atoms in total. The van der Waals surface area contributed by atoms with Crippen molar-refractivity contribution in [2.45, 2.75) is 19.4 Å². The standard InChI is InChI=1S/C18H19Cl2N3O4/c1-18(2,11-4-6-13(19)14(20)8-11)21-10-17(24)22-15-7-5-12(27-3)9-16(15)23(25)26/h4-9,21H,10H2,1-3H3,(H,22,24). The van der Waals surface area contributed by atoms with E-state index in [0.29, 0.717) is 15.8 Å². The lowest BCUT2D eigenvalue weighted by Crippen LogP contribution is -2.41. The number of nitro groups is 1. The molecule has 1 amide bonds. The molecule has 2 N–H and O–H groups in total. The molecule has 0 aliphatic heterocycles. The first-order chi connectivity index (χ1) is 12.6. The summed E-state index contributed by atoms with van der Waals surface area (Å²) in [6.07, 6.45) is 0. The number of halogens is 2. The molecule has 0 saturated heterocycles. The van der Waals surface area contributed by atoms with E-state index in [9.17, 15) is 14.9 Å². The third-order valence-electron chi connectivity index (χ3n) is 4.01. The zero-order valence-electron chi connectivity index (χ0n) is 15.0. The minimum Gasteiger partial charge on any atom is -0.496 e. The Balaban J connectivity index is 2.07. The number of amides is 1. The molecule has 0 aromatic heterocycles. The van der Waals surface area contributed by atoms with Crippen LogP contribution >= 0.6 is 23.2 Å². The monoisotopic (exact) mass is 411 g/mol. The van der Waals surface area contributed by atoms with Gasteiger partial charge in [-0.25, -0.2) is 0 Å². The van der Waals surface area contributed by atoms with Gasteiger partial charge in [0.1, 0.15) is 11.4 Å². The molecule has 27 heavy (non-hydrogen) atoms. The van der Waals surface area contributed by atoms with E-state index in [-0.39, 0.29) is 17.9 Å². The van der Waals surface area contributed by atoms with Gasteiger partial charge in [0, 0.05) is 5.54 Å². The number of carbonyl (C=O) groups is 1. The molecule has 0 radical (unpaired) electrons.